The first-order valence-corrected chi connectivity index (χ1v) is 7.56. The molecule has 1 fully saturated rings. The highest BCUT2D eigenvalue weighted by atomic mass is 35.5. The fraction of sp³-hybridized carbons (Fsp3) is 0.533. The number of hydrogen-bond acceptors (Lipinski definition) is 4. The van der Waals surface area contributed by atoms with E-state index in [2.05, 4.69) is 4.90 Å². The summed E-state index contributed by atoms with van der Waals surface area (Å²) >= 11 is 6.49. The zero-order valence-corrected chi connectivity index (χ0v) is 12.4. The van der Waals surface area contributed by atoms with Crippen molar-refractivity contribution in [3.8, 4) is 11.5 Å². The van der Waals surface area contributed by atoms with Crippen LogP contribution in [-0.2, 0) is 4.79 Å². The molecule has 2 aliphatic heterocycles. The van der Waals surface area contributed by atoms with Crippen molar-refractivity contribution in [2.75, 3.05) is 26.4 Å². The van der Waals surface area contributed by atoms with Crippen molar-refractivity contribution in [2.45, 2.75) is 18.2 Å². The minimum atomic E-state index is -0.687. The Hall–Kier alpha value is -1.46. The van der Waals surface area contributed by atoms with Gasteiger partial charge in [0.15, 0.2) is 11.5 Å². The predicted octanol–water partition coefficient (Wildman–Crippen LogP) is 2.49. The zero-order valence-electron chi connectivity index (χ0n) is 11.6. The number of fused-ring (bicyclic) bond motifs is 1. The van der Waals surface area contributed by atoms with E-state index in [0.717, 1.165) is 30.2 Å². The number of halogens is 1. The lowest BCUT2D eigenvalue weighted by Crippen LogP contribution is -2.37. The number of piperidine rings is 1. The summed E-state index contributed by atoms with van der Waals surface area (Å²) in [6.45, 7) is 2.54. The summed E-state index contributed by atoms with van der Waals surface area (Å²) in [6.07, 6.45) is 1.39. The Morgan fingerprint density at radius 1 is 1.33 bits per heavy atom. The minimum Gasteiger partial charge on any atom is -0.481 e. The first-order valence-electron chi connectivity index (χ1n) is 7.12. The van der Waals surface area contributed by atoms with Gasteiger partial charge in [0.2, 0.25) is 6.79 Å². The quantitative estimate of drug-likeness (QED) is 0.866. The summed E-state index contributed by atoms with van der Waals surface area (Å²) in [5, 5.41) is 8.87. The highest BCUT2D eigenvalue weighted by molar-refractivity contribution is 6.21. The van der Waals surface area contributed by atoms with E-state index in [1.54, 1.807) is 0 Å². The fourth-order valence-corrected chi connectivity index (χ4v) is 3.13. The highest BCUT2D eigenvalue weighted by Crippen LogP contribution is 2.36. The molecule has 1 N–H and O–H groups in total. The van der Waals surface area contributed by atoms with Crippen LogP contribution in [0.25, 0.3) is 0 Å². The lowest BCUT2D eigenvalue weighted by atomic mass is 9.97. The molecule has 1 aromatic carbocycles. The number of benzene rings is 1. The smallest absolute Gasteiger partial charge is 0.306 e. The number of rotatable bonds is 4. The number of ether oxygens (including phenoxy) is 2. The van der Waals surface area contributed by atoms with E-state index in [1.165, 1.54) is 0 Å². The molecule has 2 heterocycles. The largest absolute Gasteiger partial charge is 0.481 e. The monoisotopic (exact) mass is 311 g/mol. The average molecular weight is 312 g/mol. The first-order chi connectivity index (χ1) is 10.1. The molecule has 1 atom stereocenters. The van der Waals surface area contributed by atoms with Crippen LogP contribution in [0.5, 0.6) is 11.5 Å². The van der Waals surface area contributed by atoms with Crippen molar-refractivity contribution in [3.63, 3.8) is 0 Å². The molecule has 21 heavy (non-hydrogen) atoms. The van der Waals surface area contributed by atoms with E-state index in [0.29, 0.717) is 19.4 Å². The molecule has 1 saturated heterocycles. The number of hydrogen-bond donors (Lipinski definition) is 1. The second-order valence-electron chi connectivity index (χ2n) is 5.49. The molecule has 0 saturated carbocycles. The summed E-state index contributed by atoms with van der Waals surface area (Å²) in [5.74, 6) is 0.598. The lowest BCUT2D eigenvalue weighted by Gasteiger charge is -2.31. The van der Waals surface area contributed by atoms with Crippen molar-refractivity contribution in [3.05, 3.63) is 23.8 Å². The van der Waals surface area contributed by atoms with Crippen LogP contribution in [-0.4, -0.2) is 42.4 Å². The molecule has 6 heteroatoms. The Morgan fingerprint density at radius 3 is 2.76 bits per heavy atom. The van der Waals surface area contributed by atoms with Crippen LogP contribution in [0.2, 0.25) is 0 Å². The van der Waals surface area contributed by atoms with Crippen molar-refractivity contribution in [1.29, 1.82) is 0 Å². The molecular weight excluding hydrogens is 294 g/mol. The van der Waals surface area contributed by atoms with Crippen LogP contribution >= 0.6 is 11.6 Å². The van der Waals surface area contributed by atoms with Gasteiger partial charge in [-0.15, -0.1) is 11.6 Å². The SMILES string of the molecule is O=C(O)C1CCN(CC(Cl)c2ccc3c(c2)OCO3)CC1. The molecule has 2 aliphatic rings. The first kappa shape index (κ1) is 14.5. The molecular formula is C15H18ClNO4. The second kappa shape index (κ2) is 6.12. The maximum absolute atomic E-state index is 10.9. The molecule has 0 aromatic heterocycles. The zero-order chi connectivity index (χ0) is 14.8. The van der Waals surface area contributed by atoms with Gasteiger partial charge in [-0.05, 0) is 43.6 Å². The minimum absolute atomic E-state index is 0.138. The van der Waals surface area contributed by atoms with Gasteiger partial charge < -0.3 is 19.5 Å². The van der Waals surface area contributed by atoms with Crippen LogP contribution < -0.4 is 9.47 Å². The molecule has 114 valence electrons. The lowest BCUT2D eigenvalue weighted by molar-refractivity contribution is -0.143. The van der Waals surface area contributed by atoms with Gasteiger partial charge in [0, 0.05) is 6.54 Å². The van der Waals surface area contributed by atoms with Crippen LogP contribution in [0.4, 0.5) is 0 Å². The van der Waals surface area contributed by atoms with E-state index in [9.17, 15) is 4.79 Å². The Morgan fingerprint density at radius 2 is 2.05 bits per heavy atom. The number of aliphatic carboxylic acids is 1. The summed E-state index contributed by atoms with van der Waals surface area (Å²) < 4.78 is 10.6. The van der Waals surface area contributed by atoms with E-state index in [1.807, 2.05) is 18.2 Å². The summed E-state index contributed by atoms with van der Waals surface area (Å²) in [7, 11) is 0. The van der Waals surface area contributed by atoms with E-state index in [4.69, 9.17) is 26.2 Å². The molecule has 3 rings (SSSR count). The molecule has 1 aromatic rings. The van der Waals surface area contributed by atoms with Gasteiger partial charge in [-0.25, -0.2) is 0 Å². The van der Waals surface area contributed by atoms with Gasteiger partial charge in [0.1, 0.15) is 0 Å². The second-order valence-corrected chi connectivity index (χ2v) is 6.02. The topological polar surface area (TPSA) is 59.0 Å². The average Bonchev–Trinajstić information content (AvgIpc) is 2.95. The molecule has 0 spiro atoms. The van der Waals surface area contributed by atoms with Gasteiger partial charge in [-0.3, -0.25) is 4.79 Å². The predicted molar refractivity (Wildman–Crippen MR) is 78.0 cm³/mol. The van der Waals surface area contributed by atoms with E-state index in [-0.39, 0.29) is 18.1 Å². The van der Waals surface area contributed by atoms with Crippen LogP contribution in [0, 0.1) is 5.92 Å². The van der Waals surface area contributed by atoms with Crippen LogP contribution in [0.3, 0.4) is 0 Å². The number of carbonyl (C=O) groups is 1. The Balaban J connectivity index is 1.57. The van der Waals surface area contributed by atoms with Crippen LogP contribution in [0.15, 0.2) is 18.2 Å². The summed E-state index contributed by atoms with van der Waals surface area (Å²) in [6, 6.07) is 5.75. The molecule has 1 unspecified atom stereocenters. The van der Waals surface area contributed by atoms with Gasteiger partial charge in [0.25, 0.3) is 0 Å². The Labute approximate surface area is 128 Å². The van der Waals surface area contributed by atoms with Gasteiger partial charge in [-0.1, -0.05) is 6.07 Å². The number of alkyl halides is 1. The maximum atomic E-state index is 10.9. The Bertz CT molecular complexity index is 528. The molecule has 0 bridgehead atoms. The highest BCUT2D eigenvalue weighted by Gasteiger charge is 2.26. The van der Waals surface area contributed by atoms with Crippen molar-refractivity contribution in [2.24, 2.45) is 5.92 Å². The Kier molecular flexibility index (Phi) is 4.22. The fourth-order valence-electron chi connectivity index (χ4n) is 2.80. The standard InChI is InChI=1S/C15H18ClNO4/c16-12(8-17-5-3-10(4-6-17)15(18)19)11-1-2-13-14(7-11)21-9-20-13/h1-2,7,10,12H,3-6,8-9H2,(H,18,19). The summed E-state index contributed by atoms with van der Waals surface area (Å²) in [4.78, 5) is 13.2. The van der Waals surface area contributed by atoms with Crippen molar-refractivity contribution < 1.29 is 19.4 Å². The van der Waals surface area contributed by atoms with E-state index < -0.39 is 5.97 Å². The molecule has 0 amide bonds. The molecule has 0 radical (unpaired) electrons. The number of carboxylic acid groups (broad SMARTS) is 1. The molecule has 5 nitrogen and oxygen atoms in total. The molecule has 0 aliphatic carbocycles. The maximum Gasteiger partial charge on any atom is 0.306 e. The normalized spacial score (nSPS) is 20.4. The third-order valence-electron chi connectivity index (χ3n) is 4.11. The number of nitrogens with zero attached hydrogens (tertiary/aromatic N) is 1. The summed E-state index contributed by atoms with van der Waals surface area (Å²) in [5.41, 5.74) is 1.00. The van der Waals surface area contributed by atoms with E-state index >= 15 is 0 Å². The third-order valence-corrected chi connectivity index (χ3v) is 4.50. The van der Waals surface area contributed by atoms with Crippen molar-refractivity contribution in [1.82, 2.24) is 4.90 Å². The van der Waals surface area contributed by atoms with Crippen molar-refractivity contribution >= 4 is 17.6 Å². The number of likely N-dealkylation sites (tertiary alicyclic amines) is 1. The number of carboxylic acids is 1. The van der Waals surface area contributed by atoms with Crippen LogP contribution in [0.1, 0.15) is 23.8 Å². The third kappa shape index (κ3) is 3.24. The van der Waals surface area contributed by atoms with Gasteiger partial charge in [-0.2, -0.15) is 0 Å². The van der Waals surface area contributed by atoms with Gasteiger partial charge in [0.05, 0.1) is 11.3 Å². The van der Waals surface area contributed by atoms with Gasteiger partial charge >= 0.3 is 5.97 Å².